The Hall–Kier alpha value is -1.43. The zero-order chi connectivity index (χ0) is 15.2. The van der Waals surface area contributed by atoms with Crippen LogP contribution in [0.15, 0.2) is 30.3 Å². The molecule has 1 heterocycles. The summed E-state index contributed by atoms with van der Waals surface area (Å²) < 4.78 is 10.5. The molecule has 1 aliphatic rings. The summed E-state index contributed by atoms with van der Waals surface area (Å²) in [4.78, 5) is 14.3. The number of carbonyl (C=O) groups excluding carboxylic acids is 1. The molecule has 0 aromatic heterocycles. The van der Waals surface area contributed by atoms with Gasteiger partial charge in [-0.25, -0.2) is 0 Å². The van der Waals surface area contributed by atoms with E-state index in [1.54, 1.807) is 0 Å². The number of aliphatic hydroxyl groups is 1. The van der Waals surface area contributed by atoms with Crippen molar-refractivity contribution in [2.45, 2.75) is 25.0 Å². The minimum absolute atomic E-state index is 0.00253. The van der Waals surface area contributed by atoms with Crippen LogP contribution in [0.5, 0.6) is 0 Å². The second-order valence-electron chi connectivity index (χ2n) is 5.43. The Labute approximate surface area is 125 Å². The van der Waals surface area contributed by atoms with E-state index in [0.29, 0.717) is 19.7 Å². The Morgan fingerprint density at radius 3 is 2.81 bits per heavy atom. The number of methoxy groups -OCH3 is 1. The first-order chi connectivity index (χ1) is 10.2. The van der Waals surface area contributed by atoms with E-state index in [-0.39, 0.29) is 30.6 Å². The topological polar surface area (TPSA) is 59.0 Å². The van der Waals surface area contributed by atoms with Gasteiger partial charge in [0.25, 0.3) is 0 Å². The molecule has 5 heteroatoms. The van der Waals surface area contributed by atoms with Crippen molar-refractivity contribution in [3.63, 3.8) is 0 Å². The summed E-state index contributed by atoms with van der Waals surface area (Å²) in [6.07, 6.45) is -0.185. The molecule has 0 amide bonds. The summed E-state index contributed by atoms with van der Waals surface area (Å²) in [6.45, 7) is 3.81. The summed E-state index contributed by atoms with van der Waals surface area (Å²) >= 11 is 0. The summed E-state index contributed by atoms with van der Waals surface area (Å²) in [6, 6.07) is 9.86. The molecule has 116 valence electrons. The van der Waals surface area contributed by atoms with E-state index in [9.17, 15) is 9.90 Å². The molecule has 0 spiro atoms. The molecule has 1 aliphatic heterocycles. The van der Waals surface area contributed by atoms with E-state index < -0.39 is 0 Å². The standard InChI is InChI=1S/C16H23NO4/c1-12-11-21-14(10-18)8-17(12)9-15(16(19)20-2)13-6-4-3-5-7-13/h3-7,12,14-15,18H,8-11H2,1-2H3. The summed E-state index contributed by atoms with van der Waals surface area (Å²) in [5.74, 6) is -0.559. The van der Waals surface area contributed by atoms with Crippen molar-refractivity contribution < 1.29 is 19.4 Å². The van der Waals surface area contributed by atoms with Crippen LogP contribution in [0.25, 0.3) is 0 Å². The quantitative estimate of drug-likeness (QED) is 0.822. The Kier molecular flexibility index (Phi) is 5.73. The number of hydrogen-bond donors (Lipinski definition) is 1. The third-order valence-corrected chi connectivity index (χ3v) is 3.94. The lowest BCUT2D eigenvalue weighted by Crippen LogP contribution is -2.51. The van der Waals surface area contributed by atoms with Crippen LogP contribution in [0.4, 0.5) is 0 Å². The van der Waals surface area contributed by atoms with E-state index in [1.165, 1.54) is 7.11 Å². The van der Waals surface area contributed by atoms with Crippen LogP contribution in [0.1, 0.15) is 18.4 Å². The number of hydrogen-bond acceptors (Lipinski definition) is 5. The Morgan fingerprint density at radius 1 is 1.48 bits per heavy atom. The second-order valence-corrected chi connectivity index (χ2v) is 5.43. The highest BCUT2D eigenvalue weighted by Crippen LogP contribution is 2.22. The van der Waals surface area contributed by atoms with Crippen molar-refractivity contribution in [2.24, 2.45) is 0 Å². The zero-order valence-corrected chi connectivity index (χ0v) is 12.6. The first kappa shape index (κ1) is 15.9. The zero-order valence-electron chi connectivity index (χ0n) is 12.6. The maximum atomic E-state index is 12.1. The molecule has 3 unspecified atom stereocenters. The number of ether oxygens (including phenoxy) is 2. The largest absolute Gasteiger partial charge is 0.469 e. The van der Waals surface area contributed by atoms with Crippen LogP contribution in [0.3, 0.4) is 0 Å². The van der Waals surface area contributed by atoms with E-state index in [2.05, 4.69) is 11.8 Å². The summed E-state index contributed by atoms with van der Waals surface area (Å²) in [5, 5.41) is 9.26. The molecule has 0 bridgehead atoms. The molecule has 1 aromatic carbocycles. The van der Waals surface area contributed by atoms with E-state index in [0.717, 1.165) is 5.56 Å². The van der Waals surface area contributed by atoms with Gasteiger partial charge in [0, 0.05) is 19.1 Å². The minimum atomic E-state index is -0.323. The molecule has 2 rings (SSSR count). The lowest BCUT2D eigenvalue weighted by atomic mass is 9.97. The van der Waals surface area contributed by atoms with Crippen molar-refractivity contribution in [2.75, 3.05) is 33.4 Å². The van der Waals surface area contributed by atoms with Gasteiger partial charge in [-0.15, -0.1) is 0 Å². The van der Waals surface area contributed by atoms with Gasteiger partial charge >= 0.3 is 5.97 Å². The maximum Gasteiger partial charge on any atom is 0.314 e. The van der Waals surface area contributed by atoms with Gasteiger partial charge in [0.05, 0.1) is 32.3 Å². The van der Waals surface area contributed by atoms with Crippen LogP contribution in [0.2, 0.25) is 0 Å². The fourth-order valence-electron chi connectivity index (χ4n) is 2.62. The van der Waals surface area contributed by atoms with E-state index >= 15 is 0 Å². The molecule has 3 atom stereocenters. The molecule has 0 aliphatic carbocycles. The number of esters is 1. The minimum Gasteiger partial charge on any atom is -0.469 e. The van der Waals surface area contributed by atoms with Gasteiger partial charge in [-0.05, 0) is 12.5 Å². The fraction of sp³-hybridized carbons (Fsp3) is 0.562. The highest BCUT2D eigenvalue weighted by molar-refractivity contribution is 5.78. The lowest BCUT2D eigenvalue weighted by molar-refractivity contribution is -0.144. The van der Waals surface area contributed by atoms with Crippen LogP contribution in [-0.2, 0) is 14.3 Å². The SMILES string of the molecule is COC(=O)C(CN1CC(CO)OCC1C)c1ccccc1. The van der Waals surface area contributed by atoms with Crippen molar-refractivity contribution in [3.05, 3.63) is 35.9 Å². The van der Waals surface area contributed by atoms with Gasteiger partial charge in [0.1, 0.15) is 0 Å². The molecular formula is C16H23NO4. The van der Waals surface area contributed by atoms with Gasteiger partial charge in [-0.1, -0.05) is 30.3 Å². The highest BCUT2D eigenvalue weighted by Gasteiger charge is 2.31. The van der Waals surface area contributed by atoms with Gasteiger partial charge in [0.15, 0.2) is 0 Å². The van der Waals surface area contributed by atoms with Crippen molar-refractivity contribution in [1.82, 2.24) is 4.90 Å². The van der Waals surface area contributed by atoms with Crippen LogP contribution < -0.4 is 0 Å². The normalized spacial score (nSPS) is 24.5. The van der Waals surface area contributed by atoms with Crippen molar-refractivity contribution >= 4 is 5.97 Å². The van der Waals surface area contributed by atoms with Gasteiger partial charge < -0.3 is 14.6 Å². The fourth-order valence-corrected chi connectivity index (χ4v) is 2.62. The Balaban J connectivity index is 2.13. The smallest absolute Gasteiger partial charge is 0.314 e. The summed E-state index contributed by atoms with van der Waals surface area (Å²) in [5.41, 5.74) is 0.948. The van der Waals surface area contributed by atoms with Crippen LogP contribution in [0, 0.1) is 0 Å². The number of rotatable bonds is 5. The molecule has 1 saturated heterocycles. The third kappa shape index (κ3) is 4.03. The monoisotopic (exact) mass is 293 g/mol. The van der Waals surface area contributed by atoms with Crippen molar-refractivity contribution in [3.8, 4) is 0 Å². The number of carbonyl (C=O) groups is 1. The van der Waals surface area contributed by atoms with E-state index in [1.807, 2.05) is 30.3 Å². The molecule has 5 nitrogen and oxygen atoms in total. The van der Waals surface area contributed by atoms with Gasteiger partial charge in [0.2, 0.25) is 0 Å². The molecule has 1 N–H and O–H groups in total. The van der Waals surface area contributed by atoms with Gasteiger partial charge in [-0.2, -0.15) is 0 Å². The van der Waals surface area contributed by atoms with Gasteiger partial charge in [-0.3, -0.25) is 9.69 Å². The first-order valence-corrected chi connectivity index (χ1v) is 7.25. The number of benzene rings is 1. The number of morpholine rings is 1. The lowest BCUT2D eigenvalue weighted by Gasteiger charge is -2.38. The van der Waals surface area contributed by atoms with E-state index in [4.69, 9.17) is 9.47 Å². The maximum absolute atomic E-state index is 12.1. The summed E-state index contributed by atoms with van der Waals surface area (Å²) in [7, 11) is 1.41. The number of aliphatic hydroxyl groups excluding tert-OH is 1. The predicted molar refractivity (Wildman–Crippen MR) is 79.1 cm³/mol. The predicted octanol–water partition coefficient (Wildman–Crippen LogP) is 1.02. The number of nitrogens with zero attached hydrogens (tertiary/aromatic N) is 1. The Bertz CT molecular complexity index is 451. The molecule has 1 fully saturated rings. The van der Waals surface area contributed by atoms with Crippen LogP contribution in [-0.4, -0.2) is 61.5 Å². The molecular weight excluding hydrogens is 270 g/mol. The molecule has 1 aromatic rings. The highest BCUT2D eigenvalue weighted by atomic mass is 16.5. The first-order valence-electron chi connectivity index (χ1n) is 7.25. The Morgan fingerprint density at radius 2 is 2.19 bits per heavy atom. The average Bonchev–Trinajstić information content (AvgIpc) is 2.54. The second kappa shape index (κ2) is 7.54. The van der Waals surface area contributed by atoms with Crippen molar-refractivity contribution in [1.29, 1.82) is 0 Å². The molecule has 21 heavy (non-hydrogen) atoms. The average molecular weight is 293 g/mol. The van der Waals surface area contributed by atoms with Crippen LogP contribution >= 0.6 is 0 Å². The third-order valence-electron chi connectivity index (χ3n) is 3.94. The molecule has 0 radical (unpaired) electrons. The molecule has 0 saturated carbocycles.